The van der Waals surface area contributed by atoms with Crippen LogP contribution in [0.15, 0.2) is 45.6 Å². The minimum absolute atomic E-state index is 0.614. The fourth-order valence-corrected chi connectivity index (χ4v) is 3.36. The molecule has 2 aromatic heterocycles. The highest BCUT2D eigenvalue weighted by atomic mass is 32.1. The molecule has 0 spiro atoms. The van der Waals surface area contributed by atoms with Crippen LogP contribution in [0.3, 0.4) is 0 Å². The zero-order valence-corrected chi connectivity index (χ0v) is 14.3. The minimum Gasteiger partial charge on any atom is -0.497 e. The fourth-order valence-electron chi connectivity index (χ4n) is 2.72. The average Bonchev–Trinajstić information content (AvgIpc) is 3.11. The number of hydrogen-bond acceptors (Lipinski definition) is 6. The monoisotopic (exact) mass is 341 g/mol. The first-order valence-electron chi connectivity index (χ1n) is 8.04. The Balaban J connectivity index is 1.45. The van der Waals surface area contributed by atoms with E-state index in [0.29, 0.717) is 24.3 Å². The van der Waals surface area contributed by atoms with Gasteiger partial charge in [-0.25, -0.2) is 0 Å². The van der Waals surface area contributed by atoms with Gasteiger partial charge < -0.3 is 9.26 Å². The molecule has 2 heterocycles. The summed E-state index contributed by atoms with van der Waals surface area (Å²) in [6, 6.07) is 10.8. The molecule has 24 heavy (non-hydrogen) atoms. The Morgan fingerprint density at radius 3 is 2.71 bits per heavy atom. The molecule has 0 unspecified atom stereocenters. The van der Waals surface area contributed by atoms with Crippen molar-refractivity contribution in [1.29, 1.82) is 0 Å². The lowest BCUT2D eigenvalue weighted by Crippen LogP contribution is -2.25. The second-order valence-electron chi connectivity index (χ2n) is 6.01. The summed E-state index contributed by atoms with van der Waals surface area (Å²) in [5.74, 6) is 2.23. The molecular formula is C18H19N3O2S. The number of thiophene rings is 1. The molecule has 0 saturated heterocycles. The molecule has 3 aromatic rings. The molecule has 5 nitrogen and oxygen atoms in total. The van der Waals surface area contributed by atoms with Crippen molar-refractivity contribution in [3.8, 4) is 17.1 Å². The number of hydrogen-bond donors (Lipinski definition) is 0. The third-order valence-corrected chi connectivity index (χ3v) is 4.88. The predicted molar refractivity (Wildman–Crippen MR) is 92.9 cm³/mol. The molecule has 0 amide bonds. The van der Waals surface area contributed by atoms with Gasteiger partial charge in [0, 0.05) is 23.5 Å². The van der Waals surface area contributed by atoms with Gasteiger partial charge in [0.15, 0.2) is 0 Å². The Labute approximate surface area is 144 Å². The predicted octanol–water partition coefficient (Wildman–Crippen LogP) is 3.97. The van der Waals surface area contributed by atoms with Gasteiger partial charge in [-0.05, 0) is 42.0 Å². The van der Waals surface area contributed by atoms with Crippen molar-refractivity contribution in [2.75, 3.05) is 7.11 Å². The lowest BCUT2D eigenvalue weighted by Gasteiger charge is -2.20. The van der Waals surface area contributed by atoms with Crippen molar-refractivity contribution in [3.05, 3.63) is 52.5 Å². The van der Waals surface area contributed by atoms with Gasteiger partial charge in [-0.2, -0.15) is 16.3 Å². The molecule has 1 aliphatic carbocycles. The van der Waals surface area contributed by atoms with E-state index in [0.717, 1.165) is 17.9 Å². The van der Waals surface area contributed by atoms with E-state index in [1.165, 1.54) is 18.4 Å². The van der Waals surface area contributed by atoms with Gasteiger partial charge >= 0.3 is 0 Å². The third kappa shape index (κ3) is 3.49. The van der Waals surface area contributed by atoms with Gasteiger partial charge in [0.1, 0.15) is 5.75 Å². The van der Waals surface area contributed by atoms with Gasteiger partial charge in [-0.1, -0.05) is 17.3 Å². The zero-order chi connectivity index (χ0) is 16.4. The summed E-state index contributed by atoms with van der Waals surface area (Å²) in [4.78, 5) is 6.95. The van der Waals surface area contributed by atoms with Crippen molar-refractivity contribution < 1.29 is 9.26 Å². The van der Waals surface area contributed by atoms with Gasteiger partial charge in [0.25, 0.3) is 0 Å². The van der Waals surface area contributed by atoms with Crippen LogP contribution in [0.1, 0.15) is 24.3 Å². The Morgan fingerprint density at radius 2 is 2.04 bits per heavy atom. The van der Waals surface area contributed by atoms with E-state index in [-0.39, 0.29) is 0 Å². The van der Waals surface area contributed by atoms with E-state index in [4.69, 9.17) is 9.26 Å². The van der Waals surface area contributed by atoms with Crippen molar-refractivity contribution >= 4 is 11.3 Å². The van der Waals surface area contributed by atoms with E-state index < -0.39 is 0 Å². The van der Waals surface area contributed by atoms with Gasteiger partial charge in [-0.3, -0.25) is 4.90 Å². The molecule has 0 radical (unpaired) electrons. The molecule has 124 valence electrons. The first-order chi connectivity index (χ1) is 11.8. The van der Waals surface area contributed by atoms with Crippen molar-refractivity contribution in [2.24, 2.45) is 0 Å². The normalized spacial score (nSPS) is 14.2. The molecule has 1 fully saturated rings. The summed E-state index contributed by atoms with van der Waals surface area (Å²) in [7, 11) is 1.69. The summed E-state index contributed by atoms with van der Waals surface area (Å²) < 4.78 is 10.7. The average molecular weight is 341 g/mol. The van der Waals surface area contributed by atoms with Gasteiger partial charge in [0.05, 0.1) is 13.7 Å². The van der Waals surface area contributed by atoms with Crippen molar-refractivity contribution in [1.82, 2.24) is 15.0 Å². The molecule has 1 aliphatic rings. The molecule has 1 saturated carbocycles. The maximum absolute atomic E-state index is 5.45. The van der Waals surface area contributed by atoms with E-state index >= 15 is 0 Å². The van der Waals surface area contributed by atoms with Crippen LogP contribution in [0, 0.1) is 0 Å². The van der Waals surface area contributed by atoms with Crippen LogP contribution in [0.5, 0.6) is 5.75 Å². The number of ether oxygens (including phenoxy) is 1. The second kappa shape index (κ2) is 6.75. The largest absolute Gasteiger partial charge is 0.497 e. The topological polar surface area (TPSA) is 51.4 Å². The molecule has 0 bridgehead atoms. The molecule has 0 N–H and O–H groups in total. The van der Waals surface area contributed by atoms with E-state index in [9.17, 15) is 0 Å². The summed E-state index contributed by atoms with van der Waals surface area (Å²) in [5, 5.41) is 8.15. The number of aromatic nitrogens is 2. The Bertz CT molecular complexity index is 779. The maximum atomic E-state index is 5.45. The van der Waals surface area contributed by atoms with Gasteiger partial charge in [0.2, 0.25) is 11.7 Å². The first-order valence-corrected chi connectivity index (χ1v) is 8.98. The first kappa shape index (κ1) is 15.4. The lowest BCUT2D eigenvalue weighted by atomic mass is 10.2. The molecule has 4 rings (SSSR count). The fraction of sp³-hybridized carbons (Fsp3) is 0.333. The van der Waals surface area contributed by atoms with Crippen molar-refractivity contribution in [3.63, 3.8) is 0 Å². The summed E-state index contributed by atoms with van der Waals surface area (Å²) in [6.45, 7) is 1.57. The lowest BCUT2D eigenvalue weighted by molar-refractivity contribution is 0.209. The van der Waals surface area contributed by atoms with Crippen LogP contribution < -0.4 is 4.74 Å². The minimum atomic E-state index is 0.614. The third-order valence-electron chi connectivity index (χ3n) is 4.19. The van der Waals surface area contributed by atoms with Crippen LogP contribution in [-0.2, 0) is 13.1 Å². The van der Waals surface area contributed by atoms with Crippen LogP contribution in [0.25, 0.3) is 11.4 Å². The SMILES string of the molecule is COc1ccc(CN(Cc2nc(-c3ccsc3)no2)C2CC2)cc1. The second-order valence-corrected chi connectivity index (χ2v) is 6.79. The Kier molecular flexibility index (Phi) is 4.32. The number of nitrogens with zero attached hydrogens (tertiary/aromatic N) is 3. The smallest absolute Gasteiger partial charge is 0.241 e. The maximum Gasteiger partial charge on any atom is 0.241 e. The van der Waals surface area contributed by atoms with Crippen LogP contribution in [0.4, 0.5) is 0 Å². The Morgan fingerprint density at radius 1 is 1.21 bits per heavy atom. The summed E-state index contributed by atoms with van der Waals surface area (Å²) >= 11 is 1.63. The quantitative estimate of drug-likeness (QED) is 0.651. The molecule has 6 heteroatoms. The highest BCUT2D eigenvalue weighted by molar-refractivity contribution is 7.08. The van der Waals surface area contributed by atoms with E-state index in [2.05, 4.69) is 27.2 Å². The van der Waals surface area contributed by atoms with E-state index in [1.807, 2.05) is 29.0 Å². The molecule has 0 aliphatic heterocycles. The zero-order valence-electron chi connectivity index (χ0n) is 13.5. The number of benzene rings is 1. The molecular weight excluding hydrogens is 322 g/mol. The highest BCUT2D eigenvalue weighted by Gasteiger charge is 2.30. The summed E-state index contributed by atoms with van der Waals surface area (Å²) in [5.41, 5.74) is 2.28. The molecule has 1 aromatic carbocycles. The van der Waals surface area contributed by atoms with E-state index in [1.54, 1.807) is 18.4 Å². The number of rotatable bonds is 7. The Hall–Kier alpha value is -2.18. The van der Waals surface area contributed by atoms with Crippen molar-refractivity contribution in [2.45, 2.75) is 32.0 Å². The van der Waals surface area contributed by atoms with Crippen LogP contribution in [0.2, 0.25) is 0 Å². The summed E-state index contributed by atoms with van der Waals surface area (Å²) in [6.07, 6.45) is 2.48. The van der Waals surface area contributed by atoms with Gasteiger partial charge in [-0.15, -0.1) is 0 Å². The standard InChI is InChI=1S/C18H19N3O2S/c1-22-16-6-2-13(3-7-16)10-21(15-4-5-15)11-17-19-18(20-23-17)14-8-9-24-12-14/h2-3,6-9,12,15H,4-5,10-11H2,1H3. The number of methoxy groups -OCH3 is 1. The van der Waals surface area contributed by atoms with Crippen LogP contribution >= 0.6 is 11.3 Å². The van der Waals surface area contributed by atoms with Crippen LogP contribution in [-0.4, -0.2) is 28.2 Å². The molecule has 0 atom stereocenters. The highest BCUT2D eigenvalue weighted by Crippen LogP contribution is 2.30.